The highest BCUT2D eigenvalue weighted by molar-refractivity contribution is 7.10. The Bertz CT molecular complexity index is 1230. The minimum atomic E-state index is -0.258. The first-order valence-corrected chi connectivity index (χ1v) is 11.8. The van der Waals surface area contributed by atoms with Gasteiger partial charge in [-0.1, -0.05) is 19.1 Å². The summed E-state index contributed by atoms with van der Waals surface area (Å²) < 4.78 is 15.9. The molecule has 1 aromatic carbocycles. The van der Waals surface area contributed by atoms with Crippen LogP contribution in [-0.2, 0) is 6.42 Å². The summed E-state index contributed by atoms with van der Waals surface area (Å²) in [6.45, 7) is 2.92. The van der Waals surface area contributed by atoms with Crippen molar-refractivity contribution in [1.29, 1.82) is 0 Å². The number of thiophene rings is 1. The molecule has 0 aliphatic carbocycles. The number of hydrogen-bond donors (Lipinski definition) is 1. The van der Waals surface area contributed by atoms with Crippen LogP contribution in [0.2, 0.25) is 0 Å². The van der Waals surface area contributed by atoms with Gasteiger partial charge in [0, 0.05) is 29.6 Å². The van der Waals surface area contributed by atoms with Gasteiger partial charge in [0.05, 0.1) is 23.1 Å². The van der Waals surface area contributed by atoms with Crippen molar-refractivity contribution in [2.75, 3.05) is 11.9 Å². The lowest BCUT2D eigenvalue weighted by Crippen LogP contribution is -2.07. The molecule has 5 nitrogen and oxygen atoms in total. The van der Waals surface area contributed by atoms with E-state index in [0.29, 0.717) is 5.95 Å². The quantitative estimate of drug-likeness (QED) is 0.366. The first-order chi connectivity index (χ1) is 15.7. The van der Waals surface area contributed by atoms with E-state index in [1.165, 1.54) is 17.0 Å². The molecular formula is C25H24FN5S. The highest BCUT2D eigenvalue weighted by atomic mass is 32.1. The number of rotatable bonds is 7. The van der Waals surface area contributed by atoms with E-state index in [-0.39, 0.29) is 11.9 Å². The van der Waals surface area contributed by atoms with Crippen molar-refractivity contribution in [2.24, 2.45) is 0 Å². The van der Waals surface area contributed by atoms with Gasteiger partial charge in [0.25, 0.3) is 0 Å². The third-order valence-corrected chi connectivity index (χ3v) is 6.39. The summed E-state index contributed by atoms with van der Waals surface area (Å²) in [6.07, 6.45) is 9.08. The van der Waals surface area contributed by atoms with E-state index in [0.717, 1.165) is 54.3 Å². The zero-order valence-corrected chi connectivity index (χ0v) is 18.6. The summed E-state index contributed by atoms with van der Waals surface area (Å²) in [4.78, 5) is 15.4. The molecule has 0 amide bonds. The molecule has 4 aromatic rings. The van der Waals surface area contributed by atoms with Gasteiger partial charge >= 0.3 is 0 Å². The van der Waals surface area contributed by atoms with Crippen molar-refractivity contribution < 1.29 is 4.39 Å². The maximum absolute atomic E-state index is 13.6. The van der Waals surface area contributed by atoms with E-state index < -0.39 is 0 Å². The van der Waals surface area contributed by atoms with Crippen LogP contribution < -0.4 is 5.32 Å². The van der Waals surface area contributed by atoms with Crippen molar-refractivity contribution in [3.05, 3.63) is 76.6 Å². The number of anilines is 1. The second kappa shape index (κ2) is 9.04. The number of fused-ring (bicyclic) bond motifs is 1. The fraction of sp³-hybridized carbons (Fsp3) is 0.240. The fourth-order valence-corrected chi connectivity index (χ4v) is 4.69. The predicted molar refractivity (Wildman–Crippen MR) is 128 cm³/mol. The van der Waals surface area contributed by atoms with Gasteiger partial charge in [0.15, 0.2) is 0 Å². The Labute approximate surface area is 190 Å². The van der Waals surface area contributed by atoms with Crippen LogP contribution in [0.1, 0.15) is 36.5 Å². The van der Waals surface area contributed by atoms with E-state index >= 15 is 0 Å². The maximum Gasteiger partial charge on any atom is 0.223 e. The van der Waals surface area contributed by atoms with Crippen molar-refractivity contribution in [2.45, 2.75) is 32.2 Å². The number of imidazole rings is 1. The van der Waals surface area contributed by atoms with Crippen LogP contribution >= 0.6 is 11.3 Å². The lowest BCUT2D eigenvalue weighted by atomic mass is 10.1. The second-order valence-electron chi connectivity index (χ2n) is 7.77. The average Bonchev–Trinajstić information content (AvgIpc) is 3.54. The molecule has 0 spiro atoms. The molecule has 0 bridgehead atoms. The Balaban J connectivity index is 1.62. The molecule has 7 heteroatoms. The maximum atomic E-state index is 13.6. The van der Waals surface area contributed by atoms with Crippen molar-refractivity contribution >= 4 is 23.4 Å². The van der Waals surface area contributed by atoms with Crippen LogP contribution in [0, 0.1) is 5.82 Å². The molecule has 0 saturated carbocycles. The molecule has 1 aliphatic rings. The van der Waals surface area contributed by atoms with Crippen LogP contribution in [-0.4, -0.2) is 26.1 Å². The number of aromatic nitrogens is 4. The number of hydrogen-bond acceptors (Lipinski definition) is 5. The minimum absolute atomic E-state index is 0.186. The topological polar surface area (TPSA) is 55.6 Å². The Morgan fingerprint density at radius 1 is 1.19 bits per heavy atom. The van der Waals surface area contributed by atoms with E-state index in [1.54, 1.807) is 29.7 Å². The second-order valence-corrected chi connectivity index (χ2v) is 8.75. The van der Waals surface area contributed by atoms with Crippen LogP contribution in [0.4, 0.5) is 10.3 Å². The SMILES string of the molecule is CCCNc1nccc(-c2c(-c3ccc(F)cc3)nc3n2C(C=Cc2cccs2)CC3)n1. The Hall–Kier alpha value is -3.32. The summed E-state index contributed by atoms with van der Waals surface area (Å²) in [7, 11) is 0. The first kappa shape index (κ1) is 20.6. The molecular weight excluding hydrogens is 421 g/mol. The standard InChI is InChI=1S/C25H24FN5S/c1-2-14-27-25-28-15-13-21(29-25)24-23(17-5-7-18(26)8-6-17)30-22-12-10-19(31(22)24)9-11-20-4-3-16-32-20/h3-9,11,13,15-16,19H,2,10,12,14H2,1H3,(H,27,28,29). The molecule has 32 heavy (non-hydrogen) atoms. The van der Waals surface area contributed by atoms with Crippen LogP contribution in [0.5, 0.6) is 0 Å². The van der Waals surface area contributed by atoms with Crippen LogP contribution in [0.3, 0.4) is 0 Å². The molecule has 1 aliphatic heterocycles. The van der Waals surface area contributed by atoms with E-state index in [9.17, 15) is 4.39 Å². The molecule has 0 fully saturated rings. The normalized spacial score (nSPS) is 15.4. The fourth-order valence-electron chi connectivity index (χ4n) is 4.06. The third-order valence-electron chi connectivity index (χ3n) is 5.55. The minimum Gasteiger partial charge on any atom is -0.354 e. The number of halogens is 1. The van der Waals surface area contributed by atoms with Crippen molar-refractivity contribution in [3.8, 4) is 22.6 Å². The summed E-state index contributed by atoms with van der Waals surface area (Å²) in [6, 6.07) is 12.8. The van der Waals surface area contributed by atoms with Gasteiger partial charge in [0.2, 0.25) is 5.95 Å². The van der Waals surface area contributed by atoms with Crippen LogP contribution in [0.25, 0.3) is 28.7 Å². The van der Waals surface area contributed by atoms with Gasteiger partial charge in [-0.15, -0.1) is 11.3 Å². The van der Waals surface area contributed by atoms with Gasteiger partial charge in [0.1, 0.15) is 11.6 Å². The number of nitrogens with one attached hydrogen (secondary N) is 1. The number of benzene rings is 1. The van der Waals surface area contributed by atoms with E-state index in [2.05, 4.69) is 51.5 Å². The van der Waals surface area contributed by atoms with Gasteiger partial charge in [-0.25, -0.2) is 19.3 Å². The van der Waals surface area contributed by atoms with E-state index in [4.69, 9.17) is 9.97 Å². The monoisotopic (exact) mass is 445 g/mol. The average molecular weight is 446 g/mol. The molecule has 1 atom stereocenters. The number of nitrogens with zero attached hydrogens (tertiary/aromatic N) is 4. The molecule has 0 saturated heterocycles. The molecule has 5 rings (SSSR count). The lowest BCUT2D eigenvalue weighted by molar-refractivity contribution is 0.628. The highest BCUT2D eigenvalue weighted by Crippen LogP contribution is 2.40. The van der Waals surface area contributed by atoms with Gasteiger partial charge in [-0.3, -0.25) is 0 Å². The molecule has 4 heterocycles. The Morgan fingerprint density at radius 2 is 2.06 bits per heavy atom. The number of aryl methyl sites for hydroxylation is 1. The summed E-state index contributed by atoms with van der Waals surface area (Å²) in [5, 5.41) is 5.36. The van der Waals surface area contributed by atoms with Crippen LogP contribution in [0.15, 0.2) is 60.1 Å². The largest absolute Gasteiger partial charge is 0.354 e. The highest BCUT2D eigenvalue weighted by Gasteiger charge is 2.29. The first-order valence-electron chi connectivity index (χ1n) is 10.9. The number of allylic oxidation sites excluding steroid dienone is 1. The van der Waals surface area contributed by atoms with Gasteiger partial charge < -0.3 is 9.88 Å². The molecule has 1 N–H and O–H groups in total. The smallest absolute Gasteiger partial charge is 0.223 e. The molecule has 3 aromatic heterocycles. The Kier molecular flexibility index (Phi) is 5.81. The summed E-state index contributed by atoms with van der Waals surface area (Å²) in [5.41, 5.74) is 3.47. The Morgan fingerprint density at radius 3 is 2.84 bits per heavy atom. The lowest BCUT2D eigenvalue weighted by Gasteiger charge is -2.15. The summed E-state index contributed by atoms with van der Waals surface area (Å²) in [5.74, 6) is 1.38. The molecule has 0 radical (unpaired) electrons. The van der Waals surface area contributed by atoms with E-state index in [1.807, 2.05) is 6.07 Å². The predicted octanol–water partition coefficient (Wildman–Crippen LogP) is 6.23. The molecule has 1 unspecified atom stereocenters. The van der Waals surface area contributed by atoms with Crippen molar-refractivity contribution in [3.63, 3.8) is 0 Å². The third kappa shape index (κ3) is 4.08. The zero-order chi connectivity index (χ0) is 21.9. The summed E-state index contributed by atoms with van der Waals surface area (Å²) >= 11 is 1.73. The van der Waals surface area contributed by atoms with Gasteiger partial charge in [-0.2, -0.15) is 0 Å². The van der Waals surface area contributed by atoms with Crippen molar-refractivity contribution in [1.82, 2.24) is 19.5 Å². The zero-order valence-electron chi connectivity index (χ0n) is 17.8. The van der Waals surface area contributed by atoms with Gasteiger partial charge in [-0.05, 0) is 60.7 Å². The molecule has 162 valence electrons.